The van der Waals surface area contributed by atoms with Gasteiger partial charge in [0.05, 0.1) is 23.9 Å². The zero-order valence-corrected chi connectivity index (χ0v) is 21.1. The second-order valence-corrected chi connectivity index (χ2v) is 9.09. The maximum absolute atomic E-state index is 14.2. The lowest BCUT2D eigenvalue weighted by molar-refractivity contribution is -0.125. The van der Waals surface area contributed by atoms with Crippen LogP contribution in [0, 0.1) is 17.5 Å². The maximum atomic E-state index is 14.2. The third-order valence-corrected chi connectivity index (χ3v) is 6.45. The molecule has 3 amide bonds. The first-order valence-electron chi connectivity index (χ1n) is 12.4. The molecular formula is C28H27F3N4O4. The van der Waals surface area contributed by atoms with Crippen molar-refractivity contribution in [2.75, 3.05) is 13.2 Å². The zero-order valence-electron chi connectivity index (χ0n) is 21.1. The number of nitrogens with one attached hydrogen (secondary N) is 1. The summed E-state index contributed by atoms with van der Waals surface area (Å²) < 4.78 is 47.3. The third kappa shape index (κ3) is 6.36. The Morgan fingerprint density at radius 3 is 2.56 bits per heavy atom. The topological polar surface area (TPSA) is 115 Å². The number of pyridine rings is 1. The van der Waals surface area contributed by atoms with E-state index in [1.807, 2.05) is 0 Å². The summed E-state index contributed by atoms with van der Waals surface area (Å²) in [6, 6.07) is 8.39. The molecule has 11 heteroatoms. The summed E-state index contributed by atoms with van der Waals surface area (Å²) in [7, 11) is 0. The van der Waals surface area contributed by atoms with E-state index in [2.05, 4.69) is 10.3 Å². The Morgan fingerprint density at radius 1 is 1.13 bits per heavy atom. The van der Waals surface area contributed by atoms with Gasteiger partial charge in [0.1, 0.15) is 23.5 Å². The van der Waals surface area contributed by atoms with Gasteiger partial charge in [-0.05, 0) is 67.6 Å². The molecule has 1 aromatic heterocycles. The Bertz CT molecular complexity index is 1380. The molecule has 0 saturated carbocycles. The lowest BCUT2D eigenvalue weighted by atomic mass is 9.94. The Labute approximate surface area is 223 Å². The summed E-state index contributed by atoms with van der Waals surface area (Å²) in [5.41, 5.74) is 6.38. The summed E-state index contributed by atoms with van der Waals surface area (Å²) in [5, 5.41) is 2.89. The van der Waals surface area contributed by atoms with Crippen LogP contribution in [0.2, 0.25) is 0 Å². The SMILES string of the molecule is CCOC(=O)N1CCCC1C(=O)N[C@@H](Cc1cc(F)cc(F)c1)c1ncccc1-c1ccc(F)c(C(N)=O)c1. The van der Waals surface area contributed by atoms with Crippen molar-refractivity contribution in [1.29, 1.82) is 0 Å². The fourth-order valence-electron chi connectivity index (χ4n) is 4.73. The molecule has 1 saturated heterocycles. The number of primary amides is 1. The maximum Gasteiger partial charge on any atom is 0.410 e. The zero-order chi connectivity index (χ0) is 28.1. The highest BCUT2D eigenvalue weighted by Gasteiger charge is 2.36. The lowest BCUT2D eigenvalue weighted by Gasteiger charge is -2.27. The van der Waals surface area contributed by atoms with E-state index in [0.29, 0.717) is 36.2 Å². The number of carbonyl (C=O) groups is 3. The number of nitrogens with zero attached hydrogens (tertiary/aromatic N) is 2. The predicted octanol–water partition coefficient (Wildman–Crippen LogP) is 4.29. The van der Waals surface area contributed by atoms with Gasteiger partial charge >= 0.3 is 6.09 Å². The number of nitrogens with two attached hydrogens (primary N) is 1. The number of ether oxygens (including phenoxy) is 1. The number of halogens is 3. The molecule has 2 aromatic carbocycles. The molecule has 0 spiro atoms. The van der Waals surface area contributed by atoms with Crippen molar-refractivity contribution < 1.29 is 32.3 Å². The average Bonchev–Trinajstić information content (AvgIpc) is 3.38. The summed E-state index contributed by atoms with van der Waals surface area (Å²) >= 11 is 0. The lowest BCUT2D eigenvalue weighted by Crippen LogP contribution is -2.47. The van der Waals surface area contributed by atoms with Gasteiger partial charge in [-0.3, -0.25) is 19.5 Å². The molecule has 2 atom stereocenters. The fraction of sp³-hybridized carbons (Fsp3) is 0.286. The Balaban J connectivity index is 1.74. The average molecular weight is 541 g/mol. The monoisotopic (exact) mass is 540 g/mol. The first-order valence-corrected chi connectivity index (χ1v) is 12.4. The van der Waals surface area contributed by atoms with E-state index < -0.39 is 47.4 Å². The van der Waals surface area contributed by atoms with Crippen molar-refractivity contribution >= 4 is 17.9 Å². The molecule has 0 radical (unpaired) electrons. The van der Waals surface area contributed by atoms with Crippen LogP contribution in [0.25, 0.3) is 11.1 Å². The van der Waals surface area contributed by atoms with E-state index >= 15 is 0 Å². The van der Waals surface area contributed by atoms with E-state index in [-0.39, 0.29) is 24.2 Å². The molecule has 1 aliphatic rings. The van der Waals surface area contributed by atoms with Crippen molar-refractivity contribution in [3.8, 4) is 11.1 Å². The Kier molecular flexibility index (Phi) is 8.48. The van der Waals surface area contributed by atoms with Gasteiger partial charge in [-0.1, -0.05) is 12.1 Å². The molecule has 2 heterocycles. The normalized spacial score (nSPS) is 15.6. The van der Waals surface area contributed by atoms with Gasteiger partial charge in [0.15, 0.2) is 0 Å². The van der Waals surface area contributed by atoms with Crippen LogP contribution >= 0.6 is 0 Å². The minimum Gasteiger partial charge on any atom is -0.450 e. The molecule has 3 N–H and O–H groups in total. The van der Waals surface area contributed by atoms with E-state index in [0.717, 1.165) is 24.3 Å². The molecule has 1 unspecified atom stereocenters. The van der Waals surface area contributed by atoms with Crippen molar-refractivity contribution in [2.45, 2.75) is 38.3 Å². The third-order valence-electron chi connectivity index (χ3n) is 6.45. The number of hydrogen-bond donors (Lipinski definition) is 2. The molecule has 39 heavy (non-hydrogen) atoms. The summed E-state index contributed by atoms with van der Waals surface area (Å²) in [4.78, 5) is 43.4. The van der Waals surface area contributed by atoms with E-state index in [9.17, 15) is 27.6 Å². The second-order valence-electron chi connectivity index (χ2n) is 9.09. The summed E-state index contributed by atoms with van der Waals surface area (Å²) in [5.74, 6) is -3.82. The minimum atomic E-state index is -0.958. The molecule has 4 rings (SSSR count). The van der Waals surface area contributed by atoms with Crippen LogP contribution < -0.4 is 11.1 Å². The van der Waals surface area contributed by atoms with Crippen molar-refractivity contribution in [3.63, 3.8) is 0 Å². The number of rotatable bonds is 8. The number of aromatic nitrogens is 1. The quantitative estimate of drug-likeness (QED) is 0.443. The predicted molar refractivity (Wildman–Crippen MR) is 136 cm³/mol. The van der Waals surface area contributed by atoms with Crippen LogP contribution in [0.3, 0.4) is 0 Å². The molecule has 3 aromatic rings. The van der Waals surface area contributed by atoms with Crippen LogP contribution in [-0.4, -0.2) is 47.0 Å². The number of likely N-dealkylation sites (tertiary alicyclic amines) is 1. The van der Waals surface area contributed by atoms with Crippen molar-refractivity contribution in [1.82, 2.24) is 15.2 Å². The summed E-state index contributed by atoms with van der Waals surface area (Å²) in [6.45, 7) is 2.16. The van der Waals surface area contributed by atoms with Gasteiger partial charge in [-0.2, -0.15) is 0 Å². The van der Waals surface area contributed by atoms with Gasteiger partial charge in [0.2, 0.25) is 5.91 Å². The van der Waals surface area contributed by atoms with E-state index in [4.69, 9.17) is 10.5 Å². The Morgan fingerprint density at radius 2 is 1.87 bits per heavy atom. The highest BCUT2D eigenvalue weighted by Crippen LogP contribution is 2.31. The van der Waals surface area contributed by atoms with Crippen LogP contribution in [0.1, 0.15) is 47.4 Å². The number of carbonyl (C=O) groups excluding carboxylic acids is 3. The number of hydrogen-bond acceptors (Lipinski definition) is 5. The van der Waals surface area contributed by atoms with Gasteiger partial charge in [-0.15, -0.1) is 0 Å². The summed E-state index contributed by atoms with van der Waals surface area (Å²) in [6.07, 6.45) is 1.81. The molecule has 0 aliphatic carbocycles. The molecule has 1 fully saturated rings. The van der Waals surface area contributed by atoms with Crippen molar-refractivity contribution in [3.05, 3.63) is 89.0 Å². The molecule has 204 valence electrons. The fourth-order valence-corrected chi connectivity index (χ4v) is 4.73. The molecule has 0 bridgehead atoms. The number of amides is 3. The standard InChI is InChI=1S/C28H27F3N4O4/c1-2-39-28(38)35-10-4-6-24(35)27(37)34-23(13-16-11-18(29)15-19(30)12-16)25-20(5-3-9-33-25)17-7-8-22(31)21(14-17)26(32)36/h3,5,7-9,11-12,14-15,23-24H,2,4,6,10,13H2,1H3,(H2,32,36)(H,34,37)/t23-,24?/m0/s1. The minimum absolute atomic E-state index is 0.0551. The highest BCUT2D eigenvalue weighted by molar-refractivity contribution is 5.94. The van der Waals surface area contributed by atoms with Crippen LogP contribution in [0.4, 0.5) is 18.0 Å². The van der Waals surface area contributed by atoms with Gasteiger partial charge in [0.25, 0.3) is 5.91 Å². The number of benzene rings is 2. The molecular weight excluding hydrogens is 513 g/mol. The van der Waals surface area contributed by atoms with E-state index in [1.54, 1.807) is 19.1 Å². The first-order chi connectivity index (χ1) is 18.7. The van der Waals surface area contributed by atoms with Crippen molar-refractivity contribution in [2.24, 2.45) is 5.73 Å². The first kappa shape index (κ1) is 27.6. The smallest absolute Gasteiger partial charge is 0.410 e. The Hall–Kier alpha value is -4.41. The molecule has 8 nitrogen and oxygen atoms in total. The van der Waals surface area contributed by atoms with Crippen LogP contribution in [0.15, 0.2) is 54.7 Å². The van der Waals surface area contributed by atoms with Gasteiger partial charge in [0, 0.05) is 24.4 Å². The van der Waals surface area contributed by atoms with Crippen LogP contribution in [0.5, 0.6) is 0 Å². The second kappa shape index (κ2) is 12.0. The van der Waals surface area contributed by atoms with E-state index in [1.165, 1.54) is 23.2 Å². The molecule has 1 aliphatic heterocycles. The highest BCUT2D eigenvalue weighted by atomic mass is 19.1. The van der Waals surface area contributed by atoms with Gasteiger partial charge in [-0.25, -0.2) is 18.0 Å². The largest absolute Gasteiger partial charge is 0.450 e. The van der Waals surface area contributed by atoms with Gasteiger partial charge < -0.3 is 15.8 Å². The van der Waals surface area contributed by atoms with Crippen LogP contribution in [-0.2, 0) is 16.0 Å².